The third kappa shape index (κ3) is 4.69. The van der Waals surface area contributed by atoms with E-state index in [0.29, 0.717) is 7.35 Å². The molecule has 0 nitrogen and oxygen atoms in total. The number of benzene rings is 4. The van der Waals surface area contributed by atoms with E-state index in [4.69, 9.17) is 0 Å². The first kappa shape index (κ1) is 32.4. The fourth-order valence-corrected chi connectivity index (χ4v) is 27.6. The van der Waals surface area contributed by atoms with Gasteiger partial charge in [-0.3, -0.25) is 0 Å². The minimum atomic E-state index is -3.11. The monoisotopic (exact) mass is 798 g/mol. The molecule has 1 saturated heterocycles. The first-order chi connectivity index (χ1) is 22.6. The maximum absolute atomic E-state index is 3.11. The van der Waals surface area contributed by atoms with Crippen molar-refractivity contribution in [1.82, 2.24) is 0 Å². The normalized spacial score (nSPS) is 21.8. The Morgan fingerprint density at radius 2 is 0.979 bits per heavy atom. The molecule has 1 heterocycles. The van der Waals surface area contributed by atoms with Gasteiger partial charge in [0.1, 0.15) is 0 Å². The summed E-state index contributed by atoms with van der Waals surface area (Å²) in [6, 6.07) is 29.1. The summed E-state index contributed by atoms with van der Waals surface area (Å²) < 4.78 is 6.90. The molecule has 4 aliphatic rings. The van der Waals surface area contributed by atoms with Crippen LogP contribution in [0.15, 0.2) is 83.9 Å². The fraction of sp³-hybridized carbons (Fsp3) is 0.404. The van der Waals surface area contributed by atoms with Crippen LogP contribution in [0, 0.1) is 19.3 Å². The zero-order valence-corrected chi connectivity index (χ0v) is 34.7. The summed E-state index contributed by atoms with van der Waals surface area (Å²) in [4.78, 5) is 0. The van der Waals surface area contributed by atoms with Crippen molar-refractivity contribution in [2.45, 2.75) is 109 Å². The summed E-state index contributed by atoms with van der Waals surface area (Å²) in [5, 5.41) is 0. The average molecular weight is 797 g/mol. The summed E-state index contributed by atoms with van der Waals surface area (Å²) >= 11 is -3.11. The van der Waals surface area contributed by atoms with Crippen molar-refractivity contribution in [1.29, 1.82) is 0 Å². The molecule has 2 unspecified atom stereocenters. The van der Waals surface area contributed by atoms with E-state index >= 15 is 0 Å². The minimum absolute atomic E-state index is 0.156. The van der Waals surface area contributed by atoms with Gasteiger partial charge in [-0.15, -0.1) is 0 Å². The van der Waals surface area contributed by atoms with Gasteiger partial charge in [-0.25, -0.2) is 0 Å². The van der Waals surface area contributed by atoms with Crippen molar-refractivity contribution < 1.29 is 20.0 Å². The van der Waals surface area contributed by atoms with Crippen molar-refractivity contribution >= 4 is 12.2 Å². The zero-order chi connectivity index (χ0) is 34.0. The molecule has 1 heteroatoms. The SMILES string of the molecule is Cc1cc(C(C)(C)C)ccc1-c1cccc2c1C=C1[CH]2[Hf]([CH3])([CH3])[CH]2C(=Cc3c(-c4ccc(C(C)(C)C)cc4C)cccc32)C12CCCC2. The first-order valence-corrected chi connectivity index (χ1v) is 29.9. The molecule has 0 radical (unpaired) electrons. The van der Waals surface area contributed by atoms with Crippen molar-refractivity contribution in [2.24, 2.45) is 5.41 Å². The van der Waals surface area contributed by atoms with Crippen LogP contribution in [-0.4, -0.2) is 0 Å². The first-order valence-electron chi connectivity index (χ1n) is 18.6. The van der Waals surface area contributed by atoms with Crippen molar-refractivity contribution in [3.63, 3.8) is 0 Å². The van der Waals surface area contributed by atoms with Crippen LogP contribution in [0.3, 0.4) is 0 Å². The molecule has 2 fully saturated rings. The molecular weight excluding hydrogens is 743 g/mol. The molecule has 1 saturated carbocycles. The summed E-state index contributed by atoms with van der Waals surface area (Å²) in [5.41, 5.74) is 21.8. The van der Waals surface area contributed by atoms with Crippen LogP contribution in [-0.2, 0) is 30.8 Å². The predicted molar refractivity (Wildman–Crippen MR) is 205 cm³/mol. The van der Waals surface area contributed by atoms with E-state index in [2.05, 4.69) is 150 Å². The van der Waals surface area contributed by atoms with E-state index < -0.39 is 20.0 Å². The van der Waals surface area contributed by atoms with Crippen LogP contribution in [0.1, 0.15) is 119 Å². The number of allylic oxidation sites excluding steroid dienone is 2. The average Bonchev–Trinajstić information content (AvgIpc) is 3.76. The van der Waals surface area contributed by atoms with Gasteiger partial charge in [-0.05, 0) is 0 Å². The van der Waals surface area contributed by atoms with E-state index in [1.165, 1.54) is 81.3 Å². The molecule has 3 aliphatic carbocycles. The summed E-state index contributed by atoms with van der Waals surface area (Å²) in [6.45, 7) is 18.6. The second-order valence-corrected chi connectivity index (χ2v) is 35.6. The van der Waals surface area contributed by atoms with E-state index in [-0.39, 0.29) is 16.2 Å². The van der Waals surface area contributed by atoms with Gasteiger partial charge in [0.05, 0.1) is 0 Å². The Bertz CT molecular complexity index is 1900. The van der Waals surface area contributed by atoms with E-state index in [1.807, 2.05) is 0 Å². The number of rotatable bonds is 2. The fourth-order valence-electron chi connectivity index (χ4n) is 10.5. The van der Waals surface area contributed by atoms with Gasteiger partial charge in [-0.1, -0.05) is 0 Å². The maximum atomic E-state index is 2.81. The molecule has 0 amide bonds. The van der Waals surface area contributed by atoms with Crippen LogP contribution < -0.4 is 0 Å². The Morgan fingerprint density at radius 3 is 1.35 bits per heavy atom. The zero-order valence-electron chi connectivity index (χ0n) is 31.1. The summed E-state index contributed by atoms with van der Waals surface area (Å²) in [7, 11) is 0. The van der Waals surface area contributed by atoms with Gasteiger partial charge in [0.25, 0.3) is 0 Å². The van der Waals surface area contributed by atoms with E-state index in [9.17, 15) is 0 Å². The topological polar surface area (TPSA) is 0 Å². The number of fused-ring (bicyclic) bond motifs is 8. The van der Waals surface area contributed by atoms with E-state index in [0.717, 1.165) is 0 Å². The van der Waals surface area contributed by atoms with Crippen molar-refractivity contribution in [3.05, 3.63) is 128 Å². The summed E-state index contributed by atoms with van der Waals surface area (Å²) in [6.07, 6.45) is 10.8. The number of aryl methyl sites for hydroxylation is 2. The summed E-state index contributed by atoms with van der Waals surface area (Å²) in [5.74, 6) is 0. The molecule has 4 aromatic rings. The molecule has 1 spiro atoms. The van der Waals surface area contributed by atoms with Crippen LogP contribution in [0.25, 0.3) is 34.4 Å². The molecule has 2 atom stereocenters. The van der Waals surface area contributed by atoms with Crippen molar-refractivity contribution in [2.75, 3.05) is 0 Å². The molecule has 8 rings (SSSR count). The van der Waals surface area contributed by atoms with Gasteiger partial charge in [0.2, 0.25) is 0 Å². The number of hydrogen-bond acceptors (Lipinski definition) is 0. The standard InChI is InChI=1S/C45H48.2CH3.Hf/c1-29-23-33(43(3,4)5)17-19-37(29)39-15-11-13-31-25-35(27-41(31)39)45(21-9-10-22-45)36-26-32-14-12-16-40(42(32)28-36)38-20-18-34(24-30(38)2)44(6,7)8;;;/h11-20,23-28H,9-10,21-22H2,1-8H3;2*1H3;. The second-order valence-electron chi connectivity index (χ2n) is 18.4. The quantitative estimate of drug-likeness (QED) is 0.177. The number of hydrogen-bond donors (Lipinski definition) is 0. The molecule has 246 valence electrons. The van der Waals surface area contributed by atoms with Gasteiger partial charge < -0.3 is 0 Å². The van der Waals surface area contributed by atoms with Crippen LogP contribution >= 0.6 is 0 Å². The van der Waals surface area contributed by atoms with Crippen LogP contribution in [0.2, 0.25) is 9.36 Å². The molecule has 0 bridgehead atoms. The Labute approximate surface area is 295 Å². The van der Waals surface area contributed by atoms with Crippen LogP contribution in [0.5, 0.6) is 0 Å². The Hall–Kier alpha value is -2.77. The molecule has 0 aromatic heterocycles. The molecule has 1 aliphatic heterocycles. The molecule has 4 aromatic carbocycles. The van der Waals surface area contributed by atoms with Gasteiger partial charge in [0, 0.05) is 0 Å². The Balaban J connectivity index is 1.30. The van der Waals surface area contributed by atoms with Gasteiger partial charge >= 0.3 is 297 Å². The van der Waals surface area contributed by atoms with Gasteiger partial charge in [0.15, 0.2) is 0 Å². The third-order valence-corrected chi connectivity index (χ3v) is 28.1. The van der Waals surface area contributed by atoms with Crippen molar-refractivity contribution in [3.8, 4) is 22.3 Å². The Morgan fingerprint density at radius 1 is 0.562 bits per heavy atom. The van der Waals surface area contributed by atoms with E-state index in [1.54, 1.807) is 22.3 Å². The molecule has 0 N–H and O–H groups in total. The molecule has 48 heavy (non-hydrogen) atoms. The third-order valence-electron chi connectivity index (χ3n) is 12.9. The van der Waals surface area contributed by atoms with Gasteiger partial charge in [-0.2, -0.15) is 0 Å². The predicted octanol–water partition coefficient (Wildman–Crippen LogP) is 13.6. The second kappa shape index (κ2) is 10.9. The Kier molecular flexibility index (Phi) is 7.34. The molecular formula is C47H54Hf. The van der Waals surface area contributed by atoms with Crippen LogP contribution in [0.4, 0.5) is 0 Å².